The third-order valence-electron chi connectivity index (χ3n) is 3.30. The summed E-state index contributed by atoms with van der Waals surface area (Å²) in [7, 11) is 0. The predicted molar refractivity (Wildman–Crippen MR) is 81.6 cm³/mol. The molecule has 0 unspecified atom stereocenters. The van der Waals surface area contributed by atoms with Crippen molar-refractivity contribution < 1.29 is 9.59 Å². The summed E-state index contributed by atoms with van der Waals surface area (Å²) in [6.45, 7) is 2.09. The molecule has 0 bridgehead atoms. The standard InChI is InChI=1S/C15H14N6O2/c1-9-5-6-17-15-19-13(20-21(9)15)14(23)18-8-10-3-2-4-11(7-10)12(16)22/h2-7H,8H2,1H3,(H2,16,22)(H,18,23). The van der Waals surface area contributed by atoms with Gasteiger partial charge in [0.2, 0.25) is 11.7 Å². The number of fused-ring (bicyclic) bond motifs is 1. The quantitative estimate of drug-likeness (QED) is 0.726. The van der Waals surface area contributed by atoms with E-state index in [0.29, 0.717) is 11.3 Å². The molecule has 2 amide bonds. The van der Waals surface area contributed by atoms with Crippen LogP contribution in [0.5, 0.6) is 0 Å². The number of carbonyl (C=O) groups is 2. The average Bonchev–Trinajstić information content (AvgIpc) is 2.98. The maximum Gasteiger partial charge on any atom is 0.291 e. The molecule has 8 heteroatoms. The maximum atomic E-state index is 12.1. The van der Waals surface area contributed by atoms with Gasteiger partial charge < -0.3 is 11.1 Å². The van der Waals surface area contributed by atoms with Gasteiger partial charge in [-0.3, -0.25) is 9.59 Å². The van der Waals surface area contributed by atoms with Crippen LogP contribution in [0.1, 0.15) is 32.2 Å². The number of hydrogen-bond acceptors (Lipinski definition) is 5. The Morgan fingerprint density at radius 3 is 2.87 bits per heavy atom. The summed E-state index contributed by atoms with van der Waals surface area (Å²) in [4.78, 5) is 31.4. The molecule has 0 radical (unpaired) electrons. The van der Waals surface area contributed by atoms with E-state index in [9.17, 15) is 9.59 Å². The number of primary amides is 1. The minimum absolute atomic E-state index is 0.0397. The second-order valence-electron chi connectivity index (χ2n) is 4.98. The minimum atomic E-state index is -0.512. The molecular formula is C15H14N6O2. The molecule has 0 atom stereocenters. The van der Waals surface area contributed by atoms with E-state index < -0.39 is 11.8 Å². The van der Waals surface area contributed by atoms with Gasteiger partial charge >= 0.3 is 0 Å². The van der Waals surface area contributed by atoms with Crippen LogP contribution in [0.2, 0.25) is 0 Å². The smallest absolute Gasteiger partial charge is 0.291 e. The van der Waals surface area contributed by atoms with E-state index in [-0.39, 0.29) is 12.4 Å². The van der Waals surface area contributed by atoms with Crippen LogP contribution in [0.25, 0.3) is 5.78 Å². The number of nitrogens with two attached hydrogens (primary N) is 1. The Morgan fingerprint density at radius 2 is 2.13 bits per heavy atom. The number of hydrogen-bond donors (Lipinski definition) is 2. The Balaban J connectivity index is 1.75. The van der Waals surface area contributed by atoms with Gasteiger partial charge in [0.1, 0.15) is 0 Å². The molecule has 23 heavy (non-hydrogen) atoms. The second-order valence-corrected chi connectivity index (χ2v) is 4.98. The largest absolute Gasteiger partial charge is 0.366 e. The second kappa shape index (κ2) is 5.84. The van der Waals surface area contributed by atoms with Crippen LogP contribution in [0.3, 0.4) is 0 Å². The molecule has 8 nitrogen and oxygen atoms in total. The van der Waals surface area contributed by atoms with Gasteiger partial charge in [-0.25, -0.2) is 9.50 Å². The normalized spacial score (nSPS) is 10.7. The summed E-state index contributed by atoms with van der Waals surface area (Å²) < 4.78 is 1.50. The van der Waals surface area contributed by atoms with E-state index >= 15 is 0 Å². The zero-order chi connectivity index (χ0) is 16.4. The summed E-state index contributed by atoms with van der Waals surface area (Å²) in [6, 6.07) is 8.52. The molecule has 0 spiro atoms. The zero-order valence-corrected chi connectivity index (χ0v) is 12.4. The molecule has 0 fully saturated rings. The molecule has 0 aliphatic carbocycles. The highest BCUT2D eigenvalue weighted by atomic mass is 16.2. The van der Waals surface area contributed by atoms with E-state index in [2.05, 4.69) is 20.4 Å². The molecule has 1 aromatic carbocycles. The average molecular weight is 310 g/mol. The van der Waals surface area contributed by atoms with Gasteiger partial charge in [-0.05, 0) is 30.7 Å². The molecule has 116 valence electrons. The molecule has 0 saturated carbocycles. The highest BCUT2D eigenvalue weighted by molar-refractivity contribution is 5.93. The van der Waals surface area contributed by atoms with Crippen LogP contribution in [-0.4, -0.2) is 31.4 Å². The topological polar surface area (TPSA) is 115 Å². The van der Waals surface area contributed by atoms with Crippen molar-refractivity contribution in [2.24, 2.45) is 5.73 Å². The number of aryl methyl sites for hydroxylation is 1. The Labute approximate surface area is 131 Å². The lowest BCUT2D eigenvalue weighted by Crippen LogP contribution is -2.24. The SMILES string of the molecule is Cc1ccnc2nc(C(=O)NCc3cccc(C(N)=O)c3)nn12. The van der Waals surface area contributed by atoms with Crippen LogP contribution < -0.4 is 11.1 Å². The fourth-order valence-corrected chi connectivity index (χ4v) is 2.10. The highest BCUT2D eigenvalue weighted by Gasteiger charge is 2.14. The first-order valence-corrected chi connectivity index (χ1v) is 6.90. The van der Waals surface area contributed by atoms with Gasteiger partial charge in [0.05, 0.1) is 0 Å². The van der Waals surface area contributed by atoms with Gasteiger partial charge in [-0.2, -0.15) is 4.98 Å². The summed E-state index contributed by atoms with van der Waals surface area (Å²) in [5, 5.41) is 6.83. The third-order valence-corrected chi connectivity index (χ3v) is 3.30. The first-order chi connectivity index (χ1) is 11.0. The molecule has 0 aliphatic rings. The van der Waals surface area contributed by atoms with Gasteiger partial charge in [0.25, 0.3) is 11.7 Å². The number of nitrogens with one attached hydrogen (secondary N) is 1. The van der Waals surface area contributed by atoms with Gasteiger partial charge in [0, 0.05) is 24.0 Å². The monoisotopic (exact) mass is 310 g/mol. The van der Waals surface area contributed by atoms with Gasteiger partial charge in [0.15, 0.2) is 0 Å². The van der Waals surface area contributed by atoms with E-state index in [0.717, 1.165) is 11.3 Å². The van der Waals surface area contributed by atoms with Crippen LogP contribution >= 0.6 is 0 Å². The number of aromatic nitrogens is 4. The lowest BCUT2D eigenvalue weighted by atomic mass is 10.1. The zero-order valence-electron chi connectivity index (χ0n) is 12.4. The summed E-state index contributed by atoms with van der Waals surface area (Å²) in [5.74, 6) is -0.523. The molecule has 0 saturated heterocycles. The van der Waals surface area contributed by atoms with Crippen LogP contribution in [-0.2, 0) is 6.54 Å². The van der Waals surface area contributed by atoms with Crippen molar-refractivity contribution in [2.75, 3.05) is 0 Å². The third kappa shape index (κ3) is 3.00. The number of nitrogens with zero attached hydrogens (tertiary/aromatic N) is 4. The van der Waals surface area contributed by atoms with Crippen LogP contribution in [0.4, 0.5) is 0 Å². The van der Waals surface area contributed by atoms with Crippen LogP contribution in [0.15, 0.2) is 36.5 Å². The van der Waals surface area contributed by atoms with Crippen molar-refractivity contribution in [3.05, 3.63) is 59.2 Å². The van der Waals surface area contributed by atoms with Crippen molar-refractivity contribution in [1.82, 2.24) is 24.9 Å². The van der Waals surface area contributed by atoms with Gasteiger partial charge in [-0.1, -0.05) is 12.1 Å². The fraction of sp³-hybridized carbons (Fsp3) is 0.133. The number of rotatable bonds is 4. The van der Waals surface area contributed by atoms with Crippen molar-refractivity contribution in [3.63, 3.8) is 0 Å². The molecule has 2 heterocycles. The van der Waals surface area contributed by atoms with Crippen LogP contribution in [0, 0.1) is 6.92 Å². The lowest BCUT2D eigenvalue weighted by molar-refractivity contribution is 0.0940. The Morgan fingerprint density at radius 1 is 1.30 bits per heavy atom. The predicted octanol–water partition coefficient (Wildman–Crippen LogP) is 0.462. The fourth-order valence-electron chi connectivity index (χ4n) is 2.10. The highest BCUT2D eigenvalue weighted by Crippen LogP contribution is 2.05. The Hall–Kier alpha value is -3.29. The summed E-state index contributed by atoms with van der Waals surface area (Å²) in [5.41, 5.74) is 7.21. The first-order valence-electron chi connectivity index (χ1n) is 6.90. The van der Waals surface area contributed by atoms with Crippen molar-refractivity contribution in [3.8, 4) is 0 Å². The maximum absolute atomic E-state index is 12.1. The van der Waals surface area contributed by atoms with E-state index in [4.69, 9.17) is 5.73 Å². The molecule has 3 rings (SSSR count). The Bertz CT molecular complexity index is 902. The van der Waals surface area contributed by atoms with E-state index in [1.807, 2.05) is 6.92 Å². The number of benzene rings is 1. The molecule has 3 N–H and O–H groups in total. The van der Waals surface area contributed by atoms with E-state index in [1.165, 1.54) is 4.52 Å². The number of carbonyl (C=O) groups excluding carboxylic acids is 2. The molecule has 0 aliphatic heterocycles. The van der Waals surface area contributed by atoms with Crippen molar-refractivity contribution in [2.45, 2.75) is 13.5 Å². The van der Waals surface area contributed by atoms with Crippen molar-refractivity contribution >= 4 is 17.6 Å². The van der Waals surface area contributed by atoms with Gasteiger partial charge in [-0.15, -0.1) is 5.10 Å². The molecule has 3 aromatic rings. The Kier molecular flexibility index (Phi) is 3.71. The van der Waals surface area contributed by atoms with Crippen molar-refractivity contribution in [1.29, 1.82) is 0 Å². The number of amides is 2. The summed E-state index contributed by atoms with van der Waals surface area (Å²) >= 11 is 0. The molecule has 2 aromatic heterocycles. The summed E-state index contributed by atoms with van der Waals surface area (Å²) in [6.07, 6.45) is 1.61. The minimum Gasteiger partial charge on any atom is -0.366 e. The molecular weight excluding hydrogens is 296 g/mol. The van der Waals surface area contributed by atoms with E-state index in [1.54, 1.807) is 36.5 Å². The lowest BCUT2D eigenvalue weighted by Gasteiger charge is -2.04. The first kappa shape index (κ1) is 14.6.